The van der Waals surface area contributed by atoms with E-state index in [9.17, 15) is 4.79 Å². The molecule has 1 saturated heterocycles. The summed E-state index contributed by atoms with van der Waals surface area (Å²) < 4.78 is 0. The molecule has 0 atom stereocenters. The standard InChI is InChI=1S/C15H20N6O/c1-11-14(22)17-15(19-18-11)21-8-6-20(7-9-21)10-12-2-4-13(16)5-3-12/h2-5H,6-10,16H2,1H3,(H,17,19,22). The highest BCUT2D eigenvalue weighted by Gasteiger charge is 2.19. The molecule has 0 unspecified atom stereocenters. The average Bonchev–Trinajstić information content (AvgIpc) is 2.53. The molecule has 0 radical (unpaired) electrons. The minimum absolute atomic E-state index is 0.172. The summed E-state index contributed by atoms with van der Waals surface area (Å²) in [6, 6.07) is 7.98. The predicted molar refractivity (Wildman–Crippen MR) is 85.7 cm³/mol. The van der Waals surface area contributed by atoms with Crippen molar-refractivity contribution in [2.24, 2.45) is 0 Å². The van der Waals surface area contributed by atoms with Gasteiger partial charge in [0.15, 0.2) is 0 Å². The van der Waals surface area contributed by atoms with Gasteiger partial charge in [0.2, 0.25) is 5.95 Å². The summed E-state index contributed by atoms with van der Waals surface area (Å²) in [4.78, 5) is 18.8. The average molecular weight is 300 g/mol. The van der Waals surface area contributed by atoms with Crippen LogP contribution in [0, 0.1) is 6.92 Å². The molecule has 3 rings (SSSR count). The summed E-state index contributed by atoms with van der Waals surface area (Å²) in [5.41, 5.74) is 7.97. The van der Waals surface area contributed by atoms with E-state index in [-0.39, 0.29) is 5.56 Å². The van der Waals surface area contributed by atoms with E-state index < -0.39 is 0 Å². The maximum Gasteiger partial charge on any atom is 0.273 e. The Morgan fingerprint density at radius 1 is 1.14 bits per heavy atom. The molecule has 1 aromatic carbocycles. The van der Waals surface area contributed by atoms with Gasteiger partial charge in [-0.25, -0.2) is 0 Å². The number of nitrogens with one attached hydrogen (secondary N) is 1. The number of H-pyrrole nitrogens is 1. The van der Waals surface area contributed by atoms with Gasteiger partial charge in [-0.2, -0.15) is 0 Å². The van der Waals surface area contributed by atoms with E-state index in [2.05, 4.69) is 37.1 Å². The molecule has 2 aromatic rings. The Hall–Kier alpha value is -2.41. The maximum atomic E-state index is 11.6. The van der Waals surface area contributed by atoms with Crippen molar-refractivity contribution in [3.05, 3.63) is 45.9 Å². The zero-order valence-electron chi connectivity index (χ0n) is 12.6. The number of nitrogens with zero attached hydrogens (tertiary/aromatic N) is 4. The largest absolute Gasteiger partial charge is 0.399 e. The second-order valence-corrected chi connectivity index (χ2v) is 5.57. The topological polar surface area (TPSA) is 91.1 Å². The van der Waals surface area contributed by atoms with Gasteiger partial charge in [0.1, 0.15) is 5.69 Å². The van der Waals surface area contributed by atoms with E-state index >= 15 is 0 Å². The van der Waals surface area contributed by atoms with Crippen LogP contribution in [0.25, 0.3) is 0 Å². The molecule has 1 aliphatic heterocycles. The SMILES string of the molecule is Cc1nnc(N2CCN(Cc3ccc(N)cc3)CC2)[nH]c1=O. The van der Waals surface area contributed by atoms with Crippen LogP contribution in [0.15, 0.2) is 29.1 Å². The summed E-state index contributed by atoms with van der Waals surface area (Å²) in [5, 5.41) is 7.96. The molecule has 3 N–H and O–H groups in total. The first kappa shape index (κ1) is 14.5. The first-order valence-corrected chi connectivity index (χ1v) is 7.37. The van der Waals surface area contributed by atoms with Crippen LogP contribution in [-0.2, 0) is 6.54 Å². The fraction of sp³-hybridized carbons (Fsp3) is 0.400. The van der Waals surface area contributed by atoms with Crippen LogP contribution in [0.2, 0.25) is 0 Å². The van der Waals surface area contributed by atoms with E-state index in [0.29, 0.717) is 11.6 Å². The molecular weight excluding hydrogens is 280 g/mol. The highest BCUT2D eigenvalue weighted by atomic mass is 16.1. The van der Waals surface area contributed by atoms with Crippen molar-refractivity contribution in [1.82, 2.24) is 20.1 Å². The molecular formula is C15H20N6O. The Morgan fingerprint density at radius 2 is 1.82 bits per heavy atom. The number of hydrogen-bond acceptors (Lipinski definition) is 6. The van der Waals surface area contributed by atoms with Crippen molar-refractivity contribution < 1.29 is 0 Å². The summed E-state index contributed by atoms with van der Waals surface area (Å²) in [7, 11) is 0. The molecule has 2 heterocycles. The number of hydrogen-bond donors (Lipinski definition) is 2. The van der Waals surface area contributed by atoms with Crippen molar-refractivity contribution in [3.63, 3.8) is 0 Å². The number of aromatic nitrogens is 3. The van der Waals surface area contributed by atoms with Gasteiger partial charge in [0.05, 0.1) is 0 Å². The second kappa shape index (κ2) is 6.15. The van der Waals surface area contributed by atoms with Gasteiger partial charge in [-0.3, -0.25) is 14.7 Å². The van der Waals surface area contributed by atoms with Crippen LogP contribution in [-0.4, -0.2) is 46.3 Å². The number of anilines is 2. The lowest BCUT2D eigenvalue weighted by atomic mass is 10.2. The van der Waals surface area contributed by atoms with Gasteiger partial charge in [0.25, 0.3) is 5.56 Å². The molecule has 0 amide bonds. The number of nitrogens with two attached hydrogens (primary N) is 1. The van der Waals surface area contributed by atoms with Crippen molar-refractivity contribution in [3.8, 4) is 0 Å². The summed E-state index contributed by atoms with van der Waals surface area (Å²) in [6.45, 7) is 6.04. The van der Waals surface area contributed by atoms with Crippen LogP contribution < -0.4 is 16.2 Å². The minimum atomic E-state index is -0.172. The van der Waals surface area contributed by atoms with Crippen molar-refractivity contribution in [1.29, 1.82) is 0 Å². The Labute approximate surface area is 128 Å². The third kappa shape index (κ3) is 3.25. The highest BCUT2D eigenvalue weighted by molar-refractivity contribution is 5.39. The summed E-state index contributed by atoms with van der Waals surface area (Å²) >= 11 is 0. The lowest BCUT2D eigenvalue weighted by Gasteiger charge is -2.34. The monoisotopic (exact) mass is 300 g/mol. The van der Waals surface area contributed by atoms with Crippen LogP contribution in [0.4, 0.5) is 11.6 Å². The fourth-order valence-corrected chi connectivity index (χ4v) is 2.53. The number of aromatic amines is 1. The predicted octanol–water partition coefficient (Wildman–Crippen LogP) is 0.378. The number of rotatable bonds is 3. The van der Waals surface area contributed by atoms with Crippen LogP contribution in [0.5, 0.6) is 0 Å². The van der Waals surface area contributed by atoms with Gasteiger partial charge in [0, 0.05) is 38.4 Å². The first-order valence-electron chi connectivity index (χ1n) is 7.37. The lowest BCUT2D eigenvalue weighted by molar-refractivity contribution is 0.248. The normalized spacial score (nSPS) is 16.0. The van der Waals surface area contributed by atoms with Gasteiger partial charge < -0.3 is 10.6 Å². The zero-order chi connectivity index (χ0) is 15.5. The molecule has 0 bridgehead atoms. The second-order valence-electron chi connectivity index (χ2n) is 5.57. The smallest absolute Gasteiger partial charge is 0.273 e. The molecule has 1 fully saturated rings. The van der Waals surface area contributed by atoms with Crippen LogP contribution >= 0.6 is 0 Å². The van der Waals surface area contributed by atoms with Gasteiger partial charge in [-0.15, -0.1) is 10.2 Å². The fourth-order valence-electron chi connectivity index (χ4n) is 2.53. The van der Waals surface area contributed by atoms with Crippen molar-refractivity contribution in [2.45, 2.75) is 13.5 Å². The number of nitrogen functional groups attached to an aromatic ring is 1. The third-order valence-corrected chi connectivity index (χ3v) is 3.91. The minimum Gasteiger partial charge on any atom is -0.399 e. The molecule has 7 nitrogen and oxygen atoms in total. The Balaban J connectivity index is 1.59. The summed E-state index contributed by atoms with van der Waals surface area (Å²) in [5.74, 6) is 0.558. The molecule has 1 aliphatic rings. The van der Waals surface area contributed by atoms with E-state index in [4.69, 9.17) is 5.73 Å². The quantitative estimate of drug-likeness (QED) is 0.796. The number of piperazine rings is 1. The molecule has 7 heteroatoms. The molecule has 116 valence electrons. The van der Waals surface area contributed by atoms with Gasteiger partial charge in [-0.1, -0.05) is 12.1 Å². The number of aryl methyl sites for hydroxylation is 1. The summed E-state index contributed by atoms with van der Waals surface area (Å²) in [6.07, 6.45) is 0. The highest BCUT2D eigenvalue weighted by Crippen LogP contribution is 2.13. The molecule has 1 aromatic heterocycles. The zero-order valence-corrected chi connectivity index (χ0v) is 12.6. The van der Waals surface area contributed by atoms with Crippen LogP contribution in [0.3, 0.4) is 0 Å². The van der Waals surface area contributed by atoms with Gasteiger partial charge in [-0.05, 0) is 24.6 Å². The Bertz CT molecular complexity index is 688. The Morgan fingerprint density at radius 3 is 2.45 bits per heavy atom. The van der Waals surface area contributed by atoms with E-state index in [1.165, 1.54) is 5.56 Å². The van der Waals surface area contributed by atoms with Gasteiger partial charge >= 0.3 is 0 Å². The molecule has 0 spiro atoms. The lowest BCUT2D eigenvalue weighted by Crippen LogP contribution is -2.47. The first-order chi connectivity index (χ1) is 10.6. The van der Waals surface area contributed by atoms with E-state index in [0.717, 1.165) is 38.4 Å². The van der Waals surface area contributed by atoms with Crippen molar-refractivity contribution >= 4 is 11.6 Å². The maximum absolute atomic E-state index is 11.6. The number of benzene rings is 1. The molecule has 0 aliphatic carbocycles. The molecule has 22 heavy (non-hydrogen) atoms. The van der Waals surface area contributed by atoms with Crippen molar-refractivity contribution in [2.75, 3.05) is 36.8 Å². The van der Waals surface area contributed by atoms with E-state index in [1.54, 1.807) is 6.92 Å². The molecule has 0 saturated carbocycles. The van der Waals surface area contributed by atoms with E-state index in [1.807, 2.05) is 12.1 Å². The van der Waals surface area contributed by atoms with Crippen LogP contribution in [0.1, 0.15) is 11.3 Å². The third-order valence-electron chi connectivity index (χ3n) is 3.91. The Kier molecular flexibility index (Phi) is 4.06.